The number of aromatic nitrogens is 4. The lowest BCUT2D eigenvalue weighted by atomic mass is 10.1. The van der Waals surface area contributed by atoms with Crippen molar-refractivity contribution >= 4 is 36.7 Å². The molecule has 0 aliphatic rings. The number of amides is 1. The minimum Gasteiger partial charge on any atom is -0.491 e. The third kappa shape index (κ3) is 9.08. The van der Waals surface area contributed by atoms with Crippen molar-refractivity contribution in [1.29, 1.82) is 0 Å². The van der Waals surface area contributed by atoms with Gasteiger partial charge in [0.25, 0.3) is 0 Å². The van der Waals surface area contributed by atoms with Crippen molar-refractivity contribution in [2.24, 2.45) is 7.05 Å². The van der Waals surface area contributed by atoms with E-state index in [0.29, 0.717) is 11.7 Å². The second-order valence-corrected chi connectivity index (χ2v) is 16.8. The van der Waals surface area contributed by atoms with Gasteiger partial charge in [-0.2, -0.15) is 5.10 Å². The first-order valence-corrected chi connectivity index (χ1v) is 17.1. The SMILES string of the molecule is CC(COc1cc(Nc2ncc3cc(C#C[Si](C)(C)C)ccc3n2)cc(-c2cnn(C)c2)c1)NC(=O)OC(C)(C)C. The van der Waals surface area contributed by atoms with Crippen LogP contribution in [0.25, 0.3) is 22.0 Å². The van der Waals surface area contributed by atoms with Gasteiger partial charge in [0.2, 0.25) is 5.95 Å². The van der Waals surface area contributed by atoms with Gasteiger partial charge < -0.3 is 20.1 Å². The average Bonchev–Trinajstić information content (AvgIpc) is 3.31. The summed E-state index contributed by atoms with van der Waals surface area (Å²) < 4.78 is 13.2. The number of ether oxygens (including phenoxy) is 2. The fraction of sp³-hybridized carbons (Fsp3) is 0.355. The standard InChI is InChI=1S/C31H38N6O3Si/c1-21(34-30(38)40-31(2,3)4)20-39-27-15-23(25-18-33-37(5)19-25)14-26(16-27)35-29-32-17-24-13-22(9-10-28(24)36-29)11-12-41(6,7)8/h9-10,13-19,21H,20H2,1-8H3,(H,34,38)(H,32,35,36). The Hall–Kier alpha value is -4.36. The smallest absolute Gasteiger partial charge is 0.407 e. The van der Waals surface area contributed by atoms with E-state index in [-0.39, 0.29) is 12.6 Å². The first-order valence-electron chi connectivity index (χ1n) is 13.6. The number of fused-ring (bicyclic) bond motifs is 1. The highest BCUT2D eigenvalue weighted by atomic mass is 28.3. The zero-order valence-corrected chi connectivity index (χ0v) is 26.0. The average molecular weight is 571 g/mol. The maximum atomic E-state index is 12.1. The van der Waals surface area contributed by atoms with Crippen LogP contribution in [0.3, 0.4) is 0 Å². The summed E-state index contributed by atoms with van der Waals surface area (Å²) in [7, 11) is 0.410. The number of benzene rings is 2. The zero-order chi connectivity index (χ0) is 29.8. The van der Waals surface area contributed by atoms with Gasteiger partial charge in [0.1, 0.15) is 26.0 Å². The van der Waals surface area contributed by atoms with E-state index in [4.69, 9.17) is 14.5 Å². The number of nitrogens with one attached hydrogen (secondary N) is 2. The van der Waals surface area contributed by atoms with Crippen molar-refractivity contribution in [3.8, 4) is 28.3 Å². The number of alkyl carbamates (subject to hydrolysis) is 1. The van der Waals surface area contributed by atoms with Crippen molar-refractivity contribution in [2.75, 3.05) is 11.9 Å². The maximum absolute atomic E-state index is 12.1. The molecule has 0 fully saturated rings. The van der Waals surface area contributed by atoms with Crippen molar-refractivity contribution in [3.05, 3.63) is 60.6 Å². The number of rotatable bonds is 7. The van der Waals surface area contributed by atoms with Crippen molar-refractivity contribution in [1.82, 2.24) is 25.1 Å². The summed E-state index contributed by atoms with van der Waals surface area (Å²) in [6, 6.07) is 11.5. The summed E-state index contributed by atoms with van der Waals surface area (Å²) in [4.78, 5) is 21.4. The van der Waals surface area contributed by atoms with E-state index in [1.165, 1.54) is 0 Å². The molecular weight excluding hydrogens is 532 g/mol. The molecule has 0 aliphatic heterocycles. The highest BCUT2D eigenvalue weighted by molar-refractivity contribution is 6.83. The molecule has 10 heteroatoms. The molecular formula is C31H38N6O3Si. The van der Waals surface area contributed by atoms with Crippen LogP contribution in [0, 0.1) is 11.5 Å². The predicted molar refractivity (Wildman–Crippen MR) is 166 cm³/mol. The van der Waals surface area contributed by atoms with Crippen LogP contribution in [0.15, 0.2) is 55.0 Å². The molecule has 1 unspecified atom stereocenters. The van der Waals surface area contributed by atoms with E-state index in [9.17, 15) is 4.79 Å². The summed E-state index contributed by atoms with van der Waals surface area (Å²) in [5.41, 5.74) is 7.22. The van der Waals surface area contributed by atoms with E-state index in [0.717, 1.165) is 33.3 Å². The van der Waals surface area contributed by atoms with Gasteiger partial charge in [0.05, 0.1) is 17.8 Å². The summed E-state index contributed by atoms with van der Waals surface area (Å²) in [6.07, 6.45) is 5.05. The number of hydrogen-bond donors (Lipinski definition) is 2. The first-order chi connectivity index (χ1) is 19.2. The van der Waals surface area contributed by atoms with Gasteiger partial charge >= 0.3 is 6.09 Å². The largest absolute Gasteiger partial charge is 0.491 e. The summed E-state index contributed by atoms with van der Waals surface area (Å²) >= 11 is 0. The number of aryl methyl sites for hydroxylation is 1. The van der Waals surface area contributed by atoms with Crippen LogP contribution < -0.4 is 15.4 Å². The van der Waals surface area contributed by atoms with Crippen LogP contribution >= 0.6 is 0 Å². The van der Waals surface area contributed by atoms with Gasteiger partial charge in [-0.1, -0.05) is 25.6 Å². The summed E-state index contributed by atoms with van der Waals surface area (Å²) in [5.74, 6) is 4.38. The zero-order valence-electron chi connectivity index (χ0n) is 25.0. The molecule has 0 aliphatic carbocycles. The molecule has 0 saturated heterocycles. The fourth-order valence-corrected chi connectivity index (χ4v) is 4.34. The Morgan fingerprint density at radius 2 is 1.88 bits per heavy atom. The van der Waals surface area contributed by atoms with Gasteiger partial charge in [-0.3, -0.25) is 4.68 Å². The molecule has 1 amide bonds. The molecule has 2 N–H and O–H groups in total. The third-order valence-electron chi connectivity index (χ3n) is 5.63. The molecule has 2 heterocycles. The molecule has 9 nitrogen and oxygen atoms in total. The van der Waals surface area contributed by atoms with Crippen LogP contribution in [0.4, 0.5) is 16.4 Å². The lowest BCUT2D eigenvalue weighted by molar-refractivity contribution is 0.0494. The molecule has 2 aromatic carbocycles. The maximum Gasteiger partial charge on any atom is 0.407 e. The highest BCUT2D eigenvalue weighted by Gasteiger charge is 2.18. The number of hydrogen-bond acceptors (Lipinski definition) is 7. The lowest BCUT2D eigenvalue weighted by Crippen LogP contribution is -2.40. The van der Waals surface area contributed by atoms with Crippen LogP contribution in [-0.2, 0) is 11.8 Å². The van der Waals surface area contributed by atoms with E-state index < -0.39 is 19.8 Å². The van der Waals surface area contributed by atoms with Crippen molar-refractivity contribution in [3.63, 3.8) is 0 Å². The predicted octanol–water partition coefficient (Wildman–Crippen LogP) is 6.29. The number of nitrogens with zero attached hydrogens (tertiary/aromatic N) is 4. The Morgan fingerprint density at radius 1 is 1.10 bits per heavy atom. The topological polar surface area (TPSA) is 103 Å². The minimum absolute atomic E-state index is 0.255. The minimum atomic E-state index is -1.46. The van der Waals surface area contributed by atoms with E-state index in [1.807, 2.05) is 77.3 Å². The molecule has 0 saturated carbocycles. The van der Waals surface area contributed by atoms with Gasteiger partial charge in [-0.05, 0) is 63.6 Å². The lowest BCUT2D eigenvalue weighted by Gasteiger charge is -2.22. The molecule has 2 aromatic heterocycles. The monoisotopic (exact) mass is 570 g/mol. The number of carbonyl (C=O) groups is 1. The van der Waals surface area contributed by atoms with Crippen molar-refractivity contribution < 1.29 is 14.3 Å². The third-order valence-corrected chi connectivity index (χ3v) is 6.50. The molecule has 1 atom stereocenters. The van der Waals surface area contributed by atoms with Crippen molar-refractivity contribution in [2.45, 2.75) is 59.0 Å². The van der Waals surface area contributed by atoms with Crippen LogP contribution in [-0.4, -0.2) is 52.2 Å². The Kier molecular flexibility index (Phi) is 8.68. The molecule has 214 valence electrons. The molecule has 0 spiro atoms. The Labute approximate surface area is 242 Å². The molecule has 4 rings (SSSR count). The number of anilines is 2. The van der Waals surface area contributed by atoms with E-state index in [2.05, 4.69) is 51.8 Å². The second kappa shape index (κ2) is 12.0. The van der Waals surface area contributed by atoms with Crippen LogP contribution in [0.5, 0.6) is 5.75 Å². The second-order valence-electron chi connectivity index (χ2n) is 12.1. The van der Waals surface area contributed by atoms with E-state index in [1.54, 1.807) is 17.1 Å². The summed E-state index contributed by atoms with van der Waals surface area (Å²) in [5, 5.41) is 11.4. The molecule has 41 heavy (non-hydrogen) atoms. The van der Waals surface area contributed by atoms with Crippen LogP contribution in [0.2, 0.25) is 19.6 Å². The fourth-order valence-electron chi connectivity index (χ4n) is 3.82. The van der Waals surface area contributed by atoms with Gasteiger partial charge in [0, 0.05) is 47.7 Å². The number of carbonyl (C=O) groups excluding carboxylic acids is 1. The van der Waals surface area contributed by atoms with Gasteiger partial charge in [0.15, 0.2) is 0 Å². The molecule has 4 aromatic rings. The normalized spacial score (nSPS) is 12.3. The first kappa shape index (κ1) is 29.6. The van der Waals surface area contributed by atoms with E-state index >= 15 is 0 Å². The quantitative estimate of drug-likeness (QED) is 0.199. The Balaban J connectivity index is 1.54. The molecule has 0 radical (unpaired) electrons. The Bertz CT molecular complexity index is 1610. The van der Waals surface area contributed by atoms with Crippen LogP contribution in [0.1, 0.15) is 33.3 Å². The highest BCUT2D eigenvalue weighted by Crippen LogP contribution is 2.30. The molecule has 0 bridgehead atoms. The van der Waals surface area contributed by atoms with Gasteiger partial charge in [-0.25, -0.2) is 14.8 Å². The Morgan fingerprint density at radius 3 is 2.56 bits per heavy atom. The van der Waals surface area contributed by atoms with Gasteiger partial charge in [-0.15, -0.1) is 5.54 Å². The summed E-state index contributed by atoms with van der Waals surface area (Å²) in [6.45, 7) is 14.3.